The summed E-state index contributed by atoms with van der Waals surface area (Å²) in [4.78, 5) is 24.6. The van der Waals surface area contributed by atoms with Crippen LogP contribution in [0, 0.1) is 0 Å². The fourth-order valence-electron chi connectivity index (χ4n) is 4.87. The van der Waals surface area contributed by atoms with E-state index in [1.807, 2.05) is 24.3 Å². The van der Waals surface area contributed by atoms with Crippen LogP contribution < -0.4 is 15.4 Å². The van der Waals surface area contributed by atoms with E-state index in [9.17, 15) is 27.9 Å². The molecule has 2 aliphatic rings. The minimum absolute atomic E-state index is 0.00857. The lowest BCUT2D eigenvalue weighted by atomic mass is 9.96. The molecule has 10 heteroatoms. The van der Waals surface area contributed by atoms with Crippen molar-refractivity contribution in [3.63, 3.8) is 0 Å². The van der Waals surface area contributed by atoms with Crippen molar-refractivity contribution in [2.75, 3.05) is 23.8 Å². The highest BCUT2D eigenvalue weighted by molar-refractivity contribution is 6.03. The molecule has 1 fully saturated rings. The quantitative estimate of drug-likeness (QED) is 0.245. The number of carbonyl (C=O) groups is 2. The maximum atomic E-state index is 13.2. The van der Waals surface area contributed by atoms with Gasteiger partial charge >= 0.3 is 6.18 Å². The Morgan fingerprint density at radius 2 is 1.76 bits per heavy atom. The van der Waals surface area contributed by atoms with Crippen LogP contribution in [-0.2, 0) is 26.9 Å². The highest BCUT2D eigenvalue weighted by Crippen LogP contribution is 2.33. The molecule has 2 amide bonds. The Balaban J connectivity index is 1.40. The van der Waals surface area contributed by atoms with E-state index in [0.717, 1.165) is 25.0 Å². The molecule has 0 bridgehead atoms. The van der Waals surface area contributed by atoms with E-state index >= 15 is 0 Å². The molecule has 5 rings (SSSR count). The minimum Gasteiger partial charge on any atom is -0.490 e. The van der Waals surface area contributed by atoms with Crippen molar-refractivity contribution in [1.29, 1.82) is 0 Å². The number of allylic oxidation sites excluding steroid dienone is 2. The molecule has 1 unspecified atom stereocenters. The summed E-state index contributed by atoms with van der Waals surface area (Å²) in [6, 6.07) is 17.1. The van der Waals surface area contributed by atoms with E-state index in [1.165, 1.54) is 24.3 Å². The highest BCUT2D eigenvalue weighted by Gasteiger charge is 2.30. The summed E-state index contributed by atoms with van der Waals surface area (Å²) in [7, 11) is 0. The summed E-state index contributed by atoms with van der Waals surface area (Å²) in [6.45, 7) is 1.24. The fraction of sp³-hybridized carbons (Fsp3) is 0.250. The van der Waals surface area contributed by atoms with Gasteiger partial charge in [0.05, 0.1) is 18.8 Å². The van der Waals surface area contributed by atoms with Gasteiger partial charge in [-0.15, -0.1) is 0 Å². The molecule has 218 valence electrons. The number of nitrogens with one attached hydrogen (secondary N) is 2. The van der Waals surface area contributed by atoms with Crippen LogP contribution in [0.5, 0.6) is 5.75 Å². The van der Waals surface area contributed by atoms with Crippen LogP contribution in [0.3, 0.4) is 0 Å². The van der Waals surface area contributed by atoms with Gasteiger partial charge in [-0.2, -0.15) is 13.2 Å². The molecule has 0 aliphatic carbocycles. The van der Waals surface area contributed by atoms with E-state index in [0.29, 0.717) is 52.6 Å². The molecule has 2 aliphatic heterocycles. The first-order valence-electron chi connectivity index (χ1n) is 13.5. The summed E-state index contributed by atoms with van der Waals surface area (Å²) >= 11 is 0. The number of carbonyl (C=O) groups excluding carboxylic acids is 2. The lowest BCUT2D eigenvalue weighted by molar-refractivity contribution is -0.137. The number of hydrogen-bond donors (Lipinski definition) is 3. The molecule has 0 saturated carbocycles. The largest absolute Gasteiger partial charge is 0.490 e. The average molecular weight is 579 g/mol. The van der Waals surface area contributed by atoms with Crippen molar-refractivity contribution in [3.05, 3.63) is 107 Å². The van der Waals surface area contributed by atoms with E-state index in [4.69, 9.17) is 9.47 Å². The van der Waals surface area contributed by atoms with E-state index in [-0.39, 0.29) is 12.5 Å². The zero-order chi connectivity index (χ0) is 29.7. The summed E-state index contributed by atoms with van der Waals surface area (Å²) in [5.74, 6) is -0.342. The van der Waals surface area contributed by atoms with Gasteiger partial charge in [0.1, 0.15) is 18.0 Å². The fourth-order valence-corrected chi connectivity index (χ4v) is 4.87. The molecule has 1 atom stereocenters. The first-order chi connectivity index (χ1) is 20.2. The molecule has 42 heavy (non-hydrogen) atoms. The molecule has 1 saturated heterocycles. The normalized spacial score (nSPS) is 18.0. The summed E-state index contributed by atoms with van der Waals surface area (Å²) in [6.07, 6.45) is 0.378. The van der Waals surface area contributed by atoms with Gasteiger partial charge in [-0.3, -0.25) is 9.59 Å². The molecule has 0 spiro atoms. The van der Waals surface area contributed by atoms with Crippen molar-refractivity contribution < 1.29 is 37.3 Å². The number of alkyl halides is 3. The van der Waals surface area contributed by atoms with Crippen LogP contribution in [0.2, 0.25) is 0 Å². The minimum atomic E-state index is -4.46. The maximum Gasteiger partial charge on any atom is 0.416 e. The Labute approximate surface area is 240 Å². The molecule has 3 N–H and O–H groups in total. The van der Waals surface area contributed by atoms with E-state index < -0.39 is 29.7 Å². The summed E-state index contributed by atoms with van der Waals surface area (Å²) in [5.41, 5.74) is 2.63. The second-order valence-corrected chi connectivity index (χ2v) is 10.0. The zero-order valence-corrected chi connectivity index (χ0v) is 22.5. The third-order valence-corrected chi connectivity index (χ3v) is 7.04. The van der Waals surface area contributed by atoms with Crippen molar-refractivity contribution in [3.8, 4) is 5.75 Å². The van der Waals surface area contributed by atoms with Crippen molar-refractivity contribution in [1.82, 2.24) is 0 Å². The van der Waals surface area contributed by atoms with Gasteiger partial charge in [-0.05, 0) is 53.1 Å². The second-order valence-electron chi connectivity index (χ2n) is 10.0. The Morgan fingerprint density at radius 3 is 2.50 bits per heavy atom. The second kappa shape index (κ2) is 12.6. The number of amides is 2. The van der Waals surface area contributed by atoms with E-state index in [1.54, 1.807) is 24.3 Å². The number of ether oxygens (including phenoxy) is 2. The Morgan fingerprint density at radius 1 is 1.02 bits per heavy atom. The van der Waals surface area contributed by atoms with Crippen molar-refractivity contribution in [2.24, 2.45) is 0 Å². The number of rotatable bonds is 7. The van der Waals surface area contributed by atoms with Gasteiger partial charge in [-0.25, -0.2) is 0 Å². The van der Waals surface area contributed by atoms with Crippen LogP contribution in [0.15, 0.2) is 85.0 Å². The number of benzene rings is 3. The predicted octanol–water partition coefficient (Wildman–Crippen LogP) is 5.75. The lowest BCUT2D eigenvalue weighted by Gasteiger charge is -2.23. The molecular formula is C32H29F3N2O5. The summed E-state index contributed by atoms with van der Waals surface area (Å²) in [5, 5.41) is 15.3. The number of anilines is 2. The smallest absolute Gasteiger partial charge is 0.416 e. The molecule has 2 heterocycles. The molecule has 3 aromatic carbocycles. The predicted molar refractivity (Wildman–Crippen MR) is 152 cm³/mol. The van der Waals surface area contributed by atoms with Gasteiger partial charge in [0, 0.05) is 42.3 Å². The molecule has 3 aromatic rings. The first kappa shape index (κ1) is 29.1. The van der Waals surface area contributed by atoms with E-state index in [2.05, 4.69) is 10.6 Å². The molecule has 0 aromatic heterocycles. The van der Waals surface area contributed by atoms with Crippen LogP contribution in [0.4, 0.5) is 24.5 Å². The highest BCUT2D eigenvalue weighted by atomic mass is 19.4. The number of hydrogen-bond acceptors (Lipinski definition) is 5. The monoisotopic (exact) mass is 578 g/mol. The average Bonchev–Trinajstić information content (AvgIpc) is 2.97. The number of fused-ring (bicyclic) bond motifs is 1. The maximum absolute atomic E-state index is 13.2. The Hall–Kier alpha value is -4.41. The topological polar surface area (TPSA) is 96.9 Å². The van der Waals surface area contributed by atoms with Gasteiger partial charge in [-0.1, -0.05) is 42.5 Å². The molecule has 7 nitrogen and oxygen atoms in total. The van der Waals surface area contributed by atoms with Crippen LogP contribution in [-0.4, -0.2) is 42.3 Å². The standard InChI is InChI=1S/C32H29F3N2O5/c33-32(34,35)22-12-10-20(11-13-22)25(21-4-1-5-24(18-21)42-23-14-16-41-17-15-23)6-2-9-30(39)36-27-7-3-8-28-26(27)19-29(38)31(40)37-28/h1-13,18,23,29,38H,14-17,19H2,(H,36,39)(H,37,40)/b9-2+,25-6-. The molecular weight excluding hydrogens is 549 g/mol. The van der Waals surface area contributed by atoms with Gasteiger partial charge in [0.25, 0.3) is 5.91 Å². The number of halogens is 3. The van der Waals surface area contributed by atoms with Gasteiger partial charge in [0.2, 0.25) is 5.91 Å². The number of aliphatic hydroxyl groups is 1. The zero-order valence-electron chi connectivity index (χ0n) is 22.5. The lowest BCUT2D eigenvalue weighted by Crippen LogP contribution is -2.34. The van der Waals surface area contributed by atoms with Crippen LogP contribution in [0.1, 0.15) is 35.1 Å². The van der Waals surface area contributed by atoms with Crippen LogP contribution >= 0.6 is 0 Å². The Kier molecular flexibility index (Phi) is 8.75. The van der Waals surface area contributed by atoms with Gasteiger partial charge in [0.15, 0.2) is 0 Å². The van der Waals surface area contributed by atoms with Crippen molar-refractivity contribution >= 4 is 28.8 Å². The summed E-state index contributed by atoms with van der Waals surface area (Å²) < 4.78 is 51.1. The SMILES string of the molecule is O=C(/C=C/C=C(/c1ccc(C(F)(F)F)cc1)c1cccc(OC2CCOCC2)c1)Nc1cccc2c1CC(O)C(=O)N2. The van der Waals surface area contributed by atoms with Gasteiger partial charge < -0.3 is 25.2 Å². The van der Waals surface area contributed by atoms with Crippen molar-refractivity contribution in [2.45, 2.75) is 37.6 Å². The Bertz CT molecular complexity index is 1510. The number of aliphatic hydroxyl groups excluding tert-OH is 1. The molecule has 0 radical (unpaired) electrons. The third kappa shape index (κ3) is 7.07. The third-order valence-electron chi connectivity index (χ3n) is 7.04. The first-order valence-corrected chi connectivity index (χ1v) is 13.5. The van der Waals surface area contributed by atoms with Crippen LogP contribution in [0.25, 0.3) is 5.57 Å².